The molecular formula is C18H18FN5O3S. The van der Waals surface area contributed by atoms with Gasteiger partial charge in [0.15, 0.2) is 0 Å². The average molecular weight is 403 g/mol. The van der Waals surface area contributed by atoms with E-state index < -0.39 is 23.9 Å². The summed E-state index contributed by atoms with van der Waals surface area (Å²) in [5.74, 6) is -1.15. The number of amides is 2. The summed E-state index contributed by atoms with van der Waals surface area (Å²) < 4.78 is 19.9. The van der Waals surface area contributed by atoms with Crippen molar-refractivity contribution in [3.05, 3.63) is 48.3 Å². The van der Waals surface area contributed by atoms with Crippen LogP contribution in [0.3, 0.4) is 0 Å². The minimum absolute atomic E-state index is 0.0570. The second-order valence-corrected chi connectivity index (χ2v) is 6.76. The summed E-state index contributed by atoms with van der Waals surface area (Å²) in [6.07, 6.45) is 3.18. The van der Waals surface area contributed by atoms with Gasteiger partial charge in [-0.25, -0.2) is 14.2 Å². The maximum Gasteiger partial charge on any atom is 0.414 e. The number of nitrogens with one attached hydrogen (secondary N) is 1. The molecule has 2 aromatic rings. The molecule has 1 aliphatic rings. The lowest BCUT2D eigenvalue weighted by Crippen LogP contribution is -2.32. The third kappa shape index (κ3) is 4.22. The van der Waals surface area contributed by atoms with Crippen LogP contribution in [0.15, 0.2) is 36.8 Å². The van der Waals surface area contributed by atoms with Gasteiger partial charge in [-0.15, -0.1) is 0 Å². The molecule has 1 atom stereocenters. The van der Waals surface area contributed by atoms with E-state index >= 15 is 0 Å². The number of anilines is 2. The largest absolute Gasteiger partial charge is 0.442 e. The maximum absolute atomic E-state index is 14.7. The lowest BCUT2D eigenvalue weighted by molar-refractivity contribution is 0.0987. The fourth-order valence-corrected chi connectivity index (χ4v) is 2.81. The zero-order valence-electron chi connectivity index (χ0n) is 15.3. The number of nitrogens with zero attached hydrogens (tertiary/aromatic N) is 4. The molecule has 2 amide bonds. The lowest BCUT2D eigenvalue weighted by Gasteiger charge is -2.19. The maximum atomic E-state index is 14.7. The number of aromatic nitrogens is 2. The van der Waals surface area contributed by atoms with Crippen molar-refractivity contribution in [3.8, 4) is 0 Å². The molecule has 2 heterocycles. The first-order valence-corrected chi connectivity index (χ1v) is 8.84. The number of thiocarbonyl (C=S) groups is 1. The van der Waals surface area contributed by atoms with E-state index in [9.17, 15) is 14.0 Å². The first-order chi connectivity index (χ1) is 13.4. The summed E-state index contributed by atoms with van der Waals surface area (Å²) in [6.45, 7) is 2.38. The van der Waals surface area contributed by atoms with E-state index in [-0.39, 0.29) is 17.9 Å². The smallest absolute Gasteiger partial charge is 0.414 e. The molecule has 28 heavy (non-hydrogen) atoms. The Morgan fingerprint density at radius 2 is 2.25 bits per heavy atom. The van der Waals surface area contributed by atoms with Crippen LogP contribution < -0.4 is 15.1 Å². The van der Waals surface area contributed by atoms with Crippen molar-refractivity contribution in [1.82, 2.24) is 15.3 Å². The molecule has 0 unspecified atom stereocenters. The molecule has 1 N–H and O–H groups in total. The van der Waals surface area contributed by atoms with E-state index in [1.165, 1.54) is 42.7 Å². The Morgan fingerprint density at radius 3 is 2.89 bits per heavy atom. The molecule has 3 rings (SSSR count). The monoisotopic (exact) mass is 403 g/mol. The fourth-order valence-electron chi connectivity index (χ4n) is 2.72. The molecule has 1 aliphatic heterocycles. The molecule has 146 valence electrons. The summed E-state index contributed by atoms with van der Waals surface area (Å²) >= 11 is 4.94. The van der Waals surface area contributed by atoms with Crippen LogP contribution in [-0.2, 0) is 4.74 Å². The topological polar surface area (TPSA) is 87.7 Å². The first-order valence-electron chi connectivity index (χ1n) is 8.43. The van der Waals surface area contributed by atoms with Gasteiger partial charge >= 0.3 is 6.09 Å². The van der Waals surface area contributed by atoms with Crippen LogP contribution in [0, 0.1) is 5.82 Å². The molecule has 1 aromatic carbocycles. The van der Waals surface area contributed by atoms with Gasteiger partial charge in [0.05, 0.1) is 35.6 Å². The summed E-state index contributed by atoms with van der Waals surface area (Å²) in [6, 6.07) is 4.18. The van der Waals surface area contributed by atoms with Crippen LogP contribution in [0.4, 0.5) is 20.6 Å². The van der Waals surface area contributed by atoms with Gasteiger partial charge in [0, 0.05) is 19.4 Å². The van der Waals surface area contributed by atoms with Crippen LogP contribution in [0.25, 0.3) is 0 Å². The van der Waals surface area contributed by atoms with Crippen molar-refractivity contribution in [2.45, 2.75) is 13.0 Å². The molecule has 0 aliphatic carbocycles. The Morgan fingerprint density at radius 1 is 1.46 bits per heavy atom. The average Bonchev–Trinajstić information content (AvgIpc) is 3.06. The Hall–Kier alpha value is -3.14. The van der Waals surface area contributed by atoms with E-state index in [1.54, 1.807) is 13.0 Å². The van der Waals surface area contributed by atoms with Gasteiger partial charge in [0.1, 0.15) is 17.6 Å². The Bertz CT molecular complexity index is 911. The molecule has 1 saturated heterocycles. The van der Waals surface area contributed by atoms with Gasteiger partial charge in [-0.2, -0.15) is 0 Å². The zero-order valence-corrected chi connectivity index (χ0v) is 16.1. The van der Waals surface area contributed by atoms with Crippen molar-refractivity contribution >= 4 is 40.6 Å². The van der Waals surface area contributed by atoms with E-state index in [0.717, 1.165) is 4.90 Å². The number of hydrogen-bond acceptors (Lipinski definition) is 6. The Labute approximate surface area is 166 Å². The first kappa shape index (κ1) is 19.6. The highest BCUT2D eigenvalue weighted by Gasteiger charge is 2.32. The van der Waals surface area contributed by atoms with Gasteiger partial charge in [0.2, 0.25) is 0 Å². The normalized spacial score (nSPS) is 15.9. The summed E-state index contributed by atoms with van der Waals surface area (Å²) in [7, 11) is 1.44. The van der Waals surface area contributed by atoms with Gasteiger partial charge in [0.25, 0.3) is 5.91 Å². The quantitative estimate of drug-likeness (QED) is 0.766. The Balaban J connectivity index is 1.74. The molecule has 10 heteroatoms. The number of rotatable bonds is 5. The number of halogens is 1. The van der Waals surface area contributed by atoms with Crippen LogP contribution in [0.1, 0.15) is 17.4 Å². The second-order valence-electron chi connectivity index (χ2n) is 6.14. The van der Waals surface area contributed by atoms with Gasteiger partial charge < -0.3 is 15.0 Å². The summed E-state index contributed by atoms with van der Waals surface area (Å²) in [5.41, 5.74) is 0.496. The predicted octanol–water partition coefficient (Wildman–Crippen LogP) is 2.15. The van der Waals surface area contributed by atoms with Crippen molar-refractivity contribution in [2.24, 2.45) is 0 Å². The minimum atomic E-state index is -0.652. The van der Waals surface area contributed by atoms with Crippen LogP contribution >= 0.6 is 12.2 Å². The van der Waals surface area contributed by atoms with Crippen molar-refractivity contribution in [3.63, 3.8) is 0 Å². The molecule has 8 nitrogen and oxygen atoms in total. The summed E-state index contributed by atoms with van der Waals surface area (Å²) in [5, 5.41) is 2.94. The number of benzene rings is 1. The number of hydrogen-bond donors (Lipinski definition) is 1. The zero-order chi connectivity index (χ0) is 20.3. The number of carbonyl (C=O) groups excluding carboxylic acids is 2. The van der Waals surface area contributed by atoms with Crippen LogP contribution in [-0.4, -0.2) is 53.2 Å². The molecule has 0 spiro atoms. The van der Waals surface area contributed by atoms with E-state index in [2.05, 4.69) is 15.3 Å². The van der Waals surface area contributed by atoms with Crippen LogP contribution in [0.2, 0.25) is 0 Å². The number of carbonyl (C=O) groups is 2. The van der Waals surface area contributed by atoms with Gasteiger partial charge in [-0.05, 0) is 25.1 Å². The fraction of sp³-hybridized carbons (Fsp3) is 0.278. The second kappa shape index (κ2) is 8.26. The van der Waals surface area contributed by atoms with Gasteiger partial charge in [-0.1, -0.05) is 12.2 Å². The third-order valence-corrected chi connectivity index (χ3v) is 4.29. The standard InChI is InChI=1S/C18H18FN5O3S/c1-11(28)22-8-13-10-24(18(26)27-13)12-3-4-16(14(19)7-12)23(2)17(25)15-9-20-5-6-21-15/h3-7,9,13H,8,10H2,1-2H3,(H,22,28)/t13-/m0/s1. The SMILES string of the molecule is CC(=S)NC[C@H]1CN(c2ccc(N(C)C(=O)c3cnccn3)c(F)c2)C(=O)O1. The highest BCUT2D eigenvalue weighted by molar-refractivity contribution is 7.80. The number of ether oxygens (including phenoxy) is 1. The van der Waals surface area contributed by atoms with Crippen molar-refractivity contribution < 1.29 is 18.7 Å². The Kier molecular flexibility index (Phi) is 5.78. The van der Waals surface area contributed by atoms with Crippen molar-refractivity contribution in [2.75, 3.05) is 29.9 Å². The lowest BCUT2D eigenvalue weighted by atomic mass is 10.2. The summed E-state index contributed by atoms with van der Waals surface area (Å²) in [4.78, 5) is 35.3. The minimum Gasteiger partial charge on any atom is -0.442 e. The highest BCUT2D eigenvalue weighted by atomic mass is 32.1. The van der Waals surface area contributed by atoms with Gasteiger partial charge in [-0.3, -0.25) is 14.7 Å². The molecule has 0 saturated carbocycles. The highest BCUT2D eigenvalue weighted by Crippen LogP contribution is 2.28. The molecule has 0 radical (unpaired) electrons. The molecule has 1 fully saturated rings. The predicted molar refractivity (Wildman–Crippen MR) is 105 cm³/mol. The molecular weight excluding hydrogens is 385 g/mol. The molecule has 0 bridgehead atoms. The van der Waals surface area contributed by atoms with Crippen molar-refractivity contribution in [1.29, 1.82) is 0 Å². The van der Waals surface area contributed by atoms with E-state index in [1.807, 2.05) is 0 Å². The van der Waals surface area contributed by atoms with E-state index in [0.29, 0.717) is 17.2 Å². The molecule has 1 aromatic heterocycles. The third-order valence-electron chi connectivity index (χ3n) is 4.14. The number of cyclic esters (lactones) is 1. The van der Waals surface area contributed by atoms with Crippen LogP contribution in [0.5, 0.6) is 0 Å². The van der Waals surface area contributed by atoms with E-state index in [4.69, 9.17) is 17.0 Å².